The first-order chi connectivity index (χ1) is 8.80. The van der Waals surface area contributed by atoms with Crippen molar-refractivity contribution in [3.05, 3.63) is 0 Å². The van der Waals surface area contributed by atoms with Crippen molar-refractivity contribution in [3.63, 3.8) is 0 Å². The number of carboxylic acid groups (broad SMARTS) is 1. The van der Waals surface area contributed by atoms with Gasteiger partial charge in [0.2, 0.25) is 0 Å². The summed E-state index contributed by atoms with van der Waals surface area (Å²) in [7, 11) is 0. The molecule has 2 amide bonds. The number of amides is 2. The molecule has 7 heteroatoms. The van der Waals surface area contributed by atoms with Gasteiger partial charge in [-0.15, -0.1) is 0 Å². The lowest BCUT2D eigenvalue weighted by Gasteiger charge is -2.22. The average molecular weight is 274 g/mol. The molecule has 1 heterocycles. The minimum Gasteiger partial charge on any atom is -0.481 e. The highest BCUT2D eigenvalue weighted by molar-refractivity contribution is 5.74. The Hall–Kier alpha value is -1.34. The van der Waals surface area contributed by atoms with Crippen LogP contribution in [0.1, 0.15) is 26.7 Å². The zero-order valence-corrected chi connectivity index (χ0v) is 11.3. The molecule has 0 spiro atoms. The Bertz CT molecular complexity index is 332. The molecule has 7 nitrogen and oxygen atoms in total. The third kappa shape index (κ3) is 5.89. The second kappa shape index (κ2) is 6.72. The van der Waals surface area contributed by atoms with Crippen LogP contribution in [0.4, 0.5) is 4.79 Å². The zero-order chi connectivity index (χ0) is 14.5. The molecular formula is C12H22N2O5. The Morgan fingerprint density at radius 1 is 1.42 bits per heavy atom. The molecular weight excluding hydrogens is 252 g/mol. The van der Waals surface area contributed by atoms with Crippen LogP contribution in [0.25, 0.3) is 0 Å². The summed E-state index contributed by atoms with van der Waals surface area (Å²) >= 11 is 0. The molecule has 19 heavy (non-hydrogen) atoms. The van der Waals surface area contributed by atoms with Crippen molar-refractivity contribution < 1.29 is 24.5 Å². The predicted octanol–water partition coefficient (Wildman–Crippen LogP) is -0.0637. The van der Waals surface area contributed by atoms with Crippen LogP contribution in [0, 0.1) is 5.92 Å². The number of urea groups is 1. The van der Waals surface area contributed by atoms with Gasteiger partial charge in [-0.2, -0.15) is 0 Å². The molecule has 1 aliphatic heterocycles. The summed E-state index contributed by atoms with van der Waals surface area (Å²) in [6.07, 6.45) is 0.634. The summed E-state index contributed by atoms with van der Waals surface area (Å²) in [4.78, 5) is 22.0. The smallest absolute Gasteiger partial charge is 0.314 e. The third-order valence-electron chi connectivity index (χ3n) is 3.22. The van der Waals surface area contributed by atoms with E-state index in [2.05, 4.69) is 10.6 Å². The number of carbonyl (C=O) groups excluding carboxylic acids is 1. The number of hydrogen-bond donors (Lipinski definition) is 4. The molecule has 4 N–H and O–H groups in total. The van der Waals surface area contributed by atoms with Crippen LogP contribution in [0.2, 0.25) is 0 Å². The highest BCUT2D eigenvalue weighted by atomic mass is 16.5. The van der Waals surface area contributed by atoms with E-state index >= 15 is 0 Å². The van der Waals surface area contributed by atoms with Gasteiger partial charge >= 0.3 is 12.0 Å². The van der Waals surface area contributed by atoms with Gasteiger partial charge in [0.25, 0.3) is 0 Å². The Labute approximate surface area is 112 Å². The van der Waals surface area contributed by atoms with Crippen molar-refractivity contribution in [2.45, 2.75) is 38.4 Å². The molecule has 0 aliphatic carbocycles. The van der Waals surface area contributed by atoms with Gasteiger partial charge in [-0.25, -0.2) is 4.79 Å². The van der Waals surface area contributed by atoms with E-state index in [1.54, 1.807) is 0 Å². The van der Waals surface area contributed by atoms with Gasteiger partial charge in [0.05, 0.1) is 18.1 Å². The minimum atomic E-state index is -1.45. The topological polar surface area (TPSA) is 108 Å². The first-order valence-electron chi connectivity index (χ1n) is 6.37. The fraction of sp³-hybridized carbons (Fsp3) is 0.833. The molecule has 0 aromatic rings. The number of carboxylic acids is 1. The summed E-state index contributed by atoms with van der Waals surface area (Å²) in [5.74, 6) is -0.811. The first kappa shape index (κ1) is 15.7. The number of rotatable bonds is 6. The zero-order valence-electron chi connectivity index (χ0n) is 11.3. The van der Waals surface area contributed by atoms with Crippen molar-refractivity contribution >= 4 is 12.0 Å². The number of aliphatic hydroxyl groups is 1. The standard InChI is InChI=1S/C12H22N2O5/c1-8-9(3-4-19-8)6-13-11(17)14-7-12(2,18)5-10(15)16/h8-9,18H,3-7H2,1-2H3,(H,15,16)(H2,13,14,17). The van der Waals surface area contributed by atoms with Gasteiger partial charge in [0.1, 0.15) is 0 Å². The third-order valence-corrected chi connectivity index (χ3v) is 3.22. The van der Waals surface area contributed by atoms with Crippen molar-refractivity contribution in [2.75, 3.05) is 19.7 Å². The monoisotopic (exact) mass is 274 g/mol. The summed E-state index contributed by atoms with van der Waals surface area (Å²) in [6.45, 7) is 4.45. The highest BCUT2D eigenvalue weighted by Crippen LogP contribution is 2.19. The lowest BCUT2D eigenvalue weighted by molar-refractivity contribution is -0.141. The second-order valence-electron chi connectivity index (χ2n) is 5.26. The van der Waals surface area contributed by atoms with Gasteiger partial charge in [-0.1, -0.05) is 0 Å². The molecule has 110 valence electrons. The number of carbonyl (C=O) groups is 2. The van der Waals surface area contributed by atoms with Crippen molar-refractivity contribution in [3.8, 4) is 0 Å². The van der Waals surface area contributed by atoms with Crippen LogP contribution < -0.4 is 10.6 Å². The number of hydrogen-bond acceptors (Lipinski definition) is 4. The van der Waals surface area contributed by atoms with Crippen LogP contribution in [0.5, 0.6) is 0 Å². The van der Waals surface area contributed by atoms with E-state index < -0.39 is 24.0 Å². The van der Waals surface area contributed by atoms with Crippen LogP contribution in [0.15, 0.2) is 0 Å². The number of nitrogens with one attached hydrogen (secondary N) is 2. The summed E-state index contributed by atoms with van der Waals surface area (Å²) in [5.41, 5.74) is -1.45. The Kier molecular flexibility index (Phi) is 5.56. The predicted molar refractivity (Wildman–Crippen MR) is 67.8 cm³/mol. The van der Waals surface area contributed by atoms with Crippen LogP contribution in [-0.2, 0) is 9.53 Å². The summed E-state index contributed by atoms with van der Waals surface area (Å²) in [6, 6.07) is -0.412. The molecule has 3 unspecified atom stereocenters. The maximum atomic E-state index is 11.5. The van der Waals surface area contributed by atoms with E-state index in [1.807, 2.05) is 6.92 Å². The Balaban J connectivity index is 2.22. The van der Waals surface area contributed by atoms with Gasteiger partial charge in [0, 0.05) is 25.6 Å². The van der Waals surface area contributed by atoms with E-state index in [0.29, 0.717) is 19.1 Å². The average Bonchev–Trinajstić information content (AvgIpc) is 2.68. The van der Waals surface area contributed by atoms with Crippen LogP contribution in [0.3, 0.4) is 0 Å². The quantitative estimate of drug-likeness (QED) is 0.542. The van der Waals surface area contributed by atoms with E-state index in [-0.39, 0.29) is 12.6 Å². The highest BCUT2D eigenvalue weighted by Gasteiger charge is 2.26. The van der Waals surface area contributed by atoms with Crippen molar-refractivity contribution in [2.24, 2.45) is 5.92 Å². The van der Waals surface area contributed by atoms with Gasteiger partial charge in [0.15, 0.2) is 0 Å². The molecule has 1 aliphatic rings. The minimum absolute atomic E-state index is 0.109. The Morgan fingerprint density at radius 2 is 2.11 bits per heavy atom. The van der Waals surface area contributed by atoms with Gasteiger partial charge in [-0.05, 0) is 20.3 Å². The molecule has 3 atom stereocenters. The van der Waals surface area contributed by atoms with Crippen molar-refractivity contribution in [1.29, 1.82) is 0 Å². The number of ether oxygens (including phenoxy) is 1. The van der Waals surface area contributed by atoms with Crippen molar-refractivity contribution in [1.82, 2.24) is 10.6 Å². The van der Waals surface area contributed by atoms with Gasteiger partial charge in [-0.3, -0.25) is 4.79 Å². The fourth-order valence-electron chi connectivity index (χ4n) is 1.99. The SMILES string of the molecule is CC1OCCC1CNC(=O)NCC(C)(O)CC(=O)O. The molecule has 0 aromatic carbocycles. The number of aliphatic carboxylic acids is 1. The van der Waals surface area contributed by atoms with E-state index in [0.717, 1.165) is 6.42 Å². The maximum absolute atomic E-state index is 11.5. The molecule has 0 saturated carbocycles. The molecule has 0 aromatic heterocycles. The summed E-state index contributed by atoms with van der Waals surface area (Å²) in [5, 5.41) is 23.5. The maximum Gasteiger partial charge on any atom is 0.314 e. The first-order valence-corrected chi connectivity index (χ1v) is 6.37. The molecule has 1 fully saturated rings. The molecule has 1 saturated heterocycles. The van der Waals surface area contributed by atoms with Gasteiger partial charge < -0.3 is 25.6 Å². The largest absolute Gasteiger partial charge is 0.481 e. The van der Waals surface area contributed by atoms with Crippen LogP contribution in [-0.4, -0.2) is 53.6 Å². The lowest BCUT2D eigenvalue weighted by Crippen LogP contribution is -2.47. The van der Waals surface area contributed by atoms with Crippen LogP contribution >= 0.6 is 0 Å². The van der Waals surface area contributed by atoms with E-state index in [9.17, 15) is 14.7 Å². The molecule has 1 rings (SSSR count). The second-order valence-corrected chi connectivity index (χ2v) is 5.26. The Morgan fingerprint density at radius 3 is 2.63 bits per heavy atom. The normalized spacial score (nSPS) is 25.6. The fourth-order valence-corrected chi connectivity index (χ4v) is 1.99. The molecule has 0 radical (unpaired) electrons. The van der Waals surface area contributed by atoms with E-state index in [1.165, 1.54) is 6.92 Å². The summed E-state index contributed by atoms with van der Waals surface area (Å²) < 4.78 is 5.38. The lowest BCUT2D eigenvalue weighted by atomic mass is 10.0. The van der Waals surface area contributed by atoms with E-state index in [4.69, 9.17) is 9.84 Å². The molecule has 0 bridgehead atoms.